The van der Waals surface area contributed by atoms with Crippen molar-refractivity contribution in [3.8, 4) is 0 Å². The van der Waals surface area contributed by atoms with Crippen LogP contribution < -0.4 is 11.1 Å². The zero-order valence-corrected chi connectivity index (χ0v) is 14.4. The minimum atomic E-state index is -0.216. The molecule has 1 fully saturated rings. The molecule has 1 unspecified atom stereocenters. The third-order valence-electron chi connectivity index (χ3n) is 4.37. The maximum Gasteiger partial charge on any atom is 0.251 e. The Balaban J connectivity index is 0.00000208. The third-order valence-corrected chi connectivity index (χ3v) is 4.37. The summed E-state index contributed by atoms with van der Waals surface area (Å²) in [5, 5.41) is 3.10. The van der Waals surface area contributed by atoms with Gasteiger partial charge < -0.3 is 11.1 Å². The second-order valence-corrected chi connectivity index (χ2v) is 6.20. The number of hydrogen-bond acceptors (Lipinski definition) is 2. The predicted octanol–water partition coefficient (Wildman–Crippen LogP) is 3.90. The summed E-state index contributed by atoms with van der Waals surface area (Å²) in [5.74, 6) is 0.117. The van der Waals surface area contributed by atoms with E-state index in [1.807, 2.05) is 18.2 Å². The van der Waals surface area contributed by atoms with Crippen LogP contribution in [0.1, 0.15) is 45.9 Å². The Kier molecular flexibility index (Phi) is 5.97. The Bertz CT molecular complexity index is 714. The van der Waals surface area contributed by atoms with Gasteiger partial charge in [0.05, 0.1) is 6.04 Å². The fraction of sp³-hybridized carbons (Fsp3) is 0.316. The van der Waals surface area contributed by atoms with E-state index in [0.717, 1.165) is 24.0 Å². The molecule has 1 saturated carbocycles. The van der Waals surface area contributed by atoms with Crippen molar-refractivity contribution < 1.29 is 9.18 Å². The summed E-state index contributed by atoms with van der Waals surface area (Å²) in [6.07, 6.45) is 2.18. The number of carbonyl (C=O) groups is 1. The Morgan fingerprint density at radius 2 is 1.92 bits per heavy atom. The van der Waals surface area contributed by atoms with Crippen molar-refractivity contribution in [2.75, 3.05) is 0 Å². The van der Waals surface area contributed by atoms with Crippen molar-refractivity contribution in [3.63, 3.8) is 0 Å². The van der Waals surface area contributed by atoms with Crippen LogP contribution in [-0.2, 0) is 6.54 Å². The molecule has 5 heteroatoms. The summed E-state index contributed by atoms with van der Waals surface area (Å²) in [5.41, 5.74) is 8.76. The van der Waals surface area contributed by atoms with E-state index in [-0.39, 0.29) is 30.2 Å². The largest absolute Gasteiger partial charge is 0.345 e. The van der Waals surface area contributed by atoms with Gasteiger partial charge in [0, 0.05) is 12.1 Å². The molecule has 128 valence electrons. The topological polar surface area (TPSA) is 55.1 Å². The van der Waals surface area contributed by atoms with Gasteiger partial charge in [-0.1, -0.05) is 24.3 Å². The van der Waals surface area contributed by atoms with Crippen LogP contribution in [0.25, 0.3) is 0 Å². The van der Waals surface area contributed by atoms with Gasteiger partial charge in [0.1, 0.15) is 5.82 Å². The van der Waals surface area contributed by atoms with Crippen molar-refractivity contribution in [1.29, 1.82) is 0 Å². The second-order valence-electron chi connectivity index (χ2n) is 6.20. The monoisotopic (exact) mass is 348 g/mol. The Labute approximate surface area is 147 Å². The highest BCUT2D eigenvalue weighted by Crippen LogP contribution is 2.41. The molecule has 2 aromatic carbocycles. The normalized spacial score (nSPS) is 14.6. The van der Waals surface area contributed by atoms with Crippen LogP contribution in [0.4, 0.5) is 4.39 Å². The molecule has 1 aliphatic rings. The standard InChI is InChI=1S/C19H21FN2O.ClH/c1-12-10-16(8-9-17(12)20)18(14-6-7-14)22-19(23)15-4-2-13(11-21)3-5-15;/h2-5,8-10,14,18H,6-7,11,21H2,1H3,(H,22,23);1H. The molecule has 0 radical (unpaired) electrons. The Morgan fingerprint density at radius 1 is 1.25 bits per heavy atom. The number of nitrogens with one attached hydrogen (secondary N) is 1. The molecule has 0 bridgehead atoms. The van der Waals surface area contributed by atoms with Gasteiger partial charge in [-0.2, -0.15) is 0 Å². The molecule has 24 heavy (non-hydrogen) atoms. The van der Waals surface area contributed by atoms with Crippen LogP contribution in [0.2, 0.25) is 0 Å². The molecule has 3 N–H and O–H groups in total. The second kappa shape index (κ2) is 7.77. The predicted molar refractivity (Wildman–Crippen MR) is 95.6 cm³/mol. The smallest absolute Gasteiger partial charge is 0.251 e. The Hall–Kier alpha value is -1.91. The molecule has 2 aromatic rings. The van der Waals surface area contributed by atoms with Crippen LogP contribution in [0.3, 0.4) is 0 Å². The number of rotatable bonds is 5. The summed E-state index contributed by atoms with van der Waals surface area (Å²) >= 11 is 0. The van der Waals surface area contributed by atoms with E-state index in [1.165, 1.54) is 6.07 Å². The number of benzene rings is 2. The lowest BCUT2D eigenvalue weighted by molar-refractivity contribution is 0.0931. The summed E-state index contributed by atoms with van der Waals surface area (Å²) in [6.45, 7) is 2.21. The molecule has 1 atom stereocenters. The number of hydrogen-bond donors (Lipinski definition) is 2. The molecule has 0 saturated heterocycles. The number of nitrogens with two attached hydrogens (primary N) is 1. The minimum Gasteiger partial charge on any atom is -0.345 e. The van der Waals surface area contributed by atoms with E-state index in [4.69, 9.17) is 5.73 Å². The van der Waals surface area contributed by atoms with Gasteiger partial charge >= 0.3 is 0 Å². The average molecular weight is 349 g/mol. The molecule has 1 aliphatic carbocycles. The molecule has 0 aromatic heterocycles. The average Bonchev–Trinajstić information content (AvgIpc) is 3.40. The van der Waals surface area contributed by atoms with Crippen LogP contribution in [-0.4, -0.2) is 5.91 Å². The number of halogens is 2. The van der Waals surface area contributed by atoms with Crippen LogP contribution in [0.5, 0.6) is 0 Å². The molecular weight excluding hydrogens is 327 g/mol. The summed E-state index contributed by atoms with van der Waals surface area (Å²) in [4.78, 5) is 12.5. The van der Waals surface area contributed by atoms with E-state index in [2.05, 4.69) is 5.32 Å². The first-order valence-corrected chi connectivity index (χ1v) is 7.94. The van der Waals surface area contributed by atoms with E-state index >= 15 is 0 Å². The van der Waals surface area contributed by atoms with Gasteiger partial charge in [-0.15, -0.1) is 12.4 Å². The number of amides is 1. The lowest BCUT2D eigenvalue weighted by atomic mass is 9.99. The highest BCUT2D eigenvalue weighted by Gasteiger charge is 2.33. The van der Waals surface area contributed by atoms with Crippen molar-refractivity contribution in [1.82, 2.24) is 5.32 Å². The SMILES string of the molecule is Cc1cc(C(NC(=O)c2ccc(CN)cc2)C2CC2)ccc1F.Cl. The van der Waals surface area contributed by atoms with Gasteiger partial charge in [-0.25, -0.2) is 4.39 Å². The highest BCUT2D eigenvalue weighted by molar-refractivity contribution is 5.94. The number of carbonyl (C=O) groups excluding carboxylic acids is 1. The maximum absolute atomic E-state index is 13.5. The van der Waals surface area contributed by atoms with Gasteiger partial charge in [0.25, 0.3) is 5.91 Å². The van der Waals surface area contributed by atoms with Crippen molar-refractivity contribution in [2.24, 2.45) is 11.7 Å². The fourth-order valence-electron chi connectivity index (χ4n) is 2.78. The molecular formula is C19H22ClFN2O. The summed E-state index contributed by atoms with van der Waals surface area (Å²) in [7, 11) is 0. The fourth-order valence-corrected chi connectivity index (χ4v) is 2.78. The lowest BCUT2D eigenvalue weighted by Gasteiger charge is -2.19. The van der Waals surface area contributed by atoms with Gasteiger partial charge in [-0.3, -0.25) is 4.79 Å². The van der Waals surface area contributed by atoms with Crippen molar-refractivity contribution in [3.05, 3.63) is 70.5 Å². The van der Waals surface area contributed by atoms with Gasteiger partial charge in [0.15, 0.2) is 0 Å². The zero-order valence-electron chi connectivity index (χ0n) is 13.6. The van der Waals surface area contributed by atoms with Crippen LogP contribution in [0, 0.1) is 18.7 Å². The first-order chi connectivity index (χ1) is 11.1. The molecule has 0 aliphatic heterocycles. The molecule has 0 spiro atoms. The lowest BCUT2D eigenvalue weighted by Crippen LogP contribution is -2.30. The van der Waals surface area contributed by atoms with E-state index in [0.29, 0.717) is 23.6 Å². The molecule has 3 nitrogen and oxygen atoms in total. The van der Waals surface area contributed by atoms with E-state index < -0.39 is 0 Å². The maximum atomic E-state index is 13.5. The molecule has 0 heterocycles. The van der Waals surface area contributed by atoms with Gasteiger partial charge in [0.2, 0.25) is 0 Å². The van der Waals surface area contributed by atoms with E-state index in [1.54, 1.807) is 25.1 Å². The third kappa shape index (κ3) is 4.13. The van der Waals surface area contributed by atoms with Crippen LogP contribution in [0.15, 0.2) is 42.5 Å². The van der Waals surface area contributed by atoms with Crippen molar-refractivity contribution in [2.45, 2.75) is 32.4 Å². The van der Waals surface area contributed by atoms with Crippen LogP contribution >= 0.6 is 12.4 Å². The Morgan fingerprint density at radius 3 is 2.46 bits per heavy atom. The number of aryl methyl sites for hydroxylation is 1. The highest BCUT2D eigenvalue weighted by atomic mass is 35.5. The minimum absolute atomic E-state index is 0. The first-order valence-electron chi connectivity index (χ1n) is 7.94. The zero-order chi connectivity index (χ0) is 16.4. The molecule has 3 rings (SSSR count). The quantitative estimate of drug-likeness (QED) is 0.861. The van der Waals surface area contributed by atoms with Crippen molar-refractivity contribution >= 4 is 18.3 Å². The molecule has 1 amide bonds. The van der Waals surface area contributed by atoms with E-state index in [9.17, 15) is 9.18 Å². The van der Waals surface area contributed by atoms with Gasteiger partial charge in [-0.05, 0) is 60.6 Å². The first kappa shape index (κ1) is 18.4. The summed E-state index contributed by atoms with van der Waals surface area (Å²) < 4.78 is 13.5. The summed E-state index contributed by atoms with van der Waals surface area (Å²) in [6, 6.07) is 12.3.